The lowest BCUT2D eigenvalue weighted by Gasteiger charge is -2.19. The van der Waals surface area contributed by atoms with Crippen molar-refractivity contribution >= 4 is 0 Å². The summed E-state index contributed by atoms with van der Waals surface area (Å²) in [7, 11) is 0. The molecule has 0 spiro atoms. The van der Waals surface area contributed by atoms with Gasteiger partial charge in [0.2, 0.25) is 0 Å². The van der Waals surface area contributed by atoms with Gasteiger partial charge in [-0.3, -0.25) is 0 Å². The summed E-state index contributed by atoms with van der Waals surface area (Å²) >= 11 is 0. The molecule has 76 valence electrons. The Bertz CT molecular complexity index is 304. The Balaban J connectivity index is 2.74. The van der Waals surface area contributed by atoms with Crippen LogP contribution < -0.4 is 5.32 Å². The van der Waals surface area contributed by atoms with Crippen LogP contribution in [0.25, 0.3) is 0 Å². The molecule has 1 heteroatoms. The molecule has 0 fully saturated rings. The molecule has 1 aromatic carbocycles. The van der Waals surface area contributed by atoms with Gasteiger partial charge in [0.05, 0.1) is 0 Å². The molecule has 0 aliphatic rings. The first-order valence-electron chi connectivity index (χ1n) is 5.09. The van der Waals surface area contributed by atoms with Gasteiger partial charge in [-0.05, 0) is 31.9 Å². The second-order valence-electron chi connectivity index (χ2n) is 3.77. The van der Waals surface area contributed by atoms with E-state index in [1.165, 1.54) is 11.1 Å². The van der Waals surface area contributed by atoms with E-state index in [1.807, 2.05) is 6.08 Å². The summed E-state index contributed by atoms with van der Waals surface area (Å²) in [4.78, 5) is 0. The van der Waals surface area contributed by atoms with E-state index in [-0.39, 0.29) is 0 Å². The van der Waals surface area contributed by atoms with Crippen molar-refractivity contribution in [1.29, 1.82) is 0 Å². The van der Waals surface area contributed by atoms with E-state index in [4.69, 9.17) is 0 Å². The van der Waals surface area contributed by atoms with Crippen LogP contribution in [0.3, 0.4) is 0 Å². The molecular weight excluding hydrogens is 170 g/mol. The van der Waals surface area contributed by atoms with Crippen molar-refractivity contribution < 1.29 is 0 Å². The fourth-order valence-electron chi connectivity index (χ4n) is 1.62. The third-order valence-corrected chi connectivity index (χ3v) is 2.52. The molecule has 0 saturated heterocycles. The Labute approximate surface area is 86.8 Å². The van der Waals surface area contributed by atoms with Gasteiger partial charge in [0.15, 0.2) is 0 Å². The zero-order valence-electron chi connectivity index (χ0n) is 9.25. The van der Waals surface area contributed by atoms with E-state index in [2.05, 4.69) is 56.9 Å². The largest absolute Gasteiger partial charge is 0.304 e. The van der Waals surface area contributed by atoms with E-state index in [0.29, 0.717) is 12.1 Å². The minimum atomic E-state index is 0.351. The zero-order valence-corrected chi connectivity index (χ0v) is 9.25. The van der Waals surface area contributed by atoms with Crippen LogP contribution in [0.5, 0.6) is 0 Å². The average molecular weight is 189 g/mol. The van der Waals surface area contributed by atoms with Gasteiger partial charge in [0.1, 0.15) is 0 Å². The number of rotatable bonds is 4. The number of hydrogen-bond donors (Lipinski definition) is 1. The highest BCUT2D eigenvalue weighted by molar-refractivity contribution is 5.28. The second kappa shape index (κ2) is 4.97. The first-order valence-corrected chi connectivity index (χ1v) is 5.09. The lowest BCUT2D eigenvalue weighted by Crippen LogP contribution is -2.27. The maximum Gasteiger partial charge on any atom is 0.0299 e. The summed E-state index contributed by atoms with van der Waals surface area (Å²) in [6, 6.07) is 9.20. The summed E-state index contributed by atoms with van der Waals surface area (Å²) in [5.74, 6) is 0. The topological polar surface area (TPSA) is 12.0 Å². The highest BCUT2D eigenvalue weighted by atomic mass is 14.9. The first kappa shape index (κ1) is 11.0. The Morgan fingerprint density at radius 1 is 1.29 bits per heavy atom. The molecule has 0 radical (unpaired) electrons. The molecular formula is C13H19N. The minimum Gasteiger partial charge on any atom is -0.304 e. The van der Waals surface area contributed by atoms with Crippen molar-refractivity contribution in [2.45, 2.75) is 32.9 Å². The van der Waals surface area contributed by atoms with Gasteiger partial charge < -0.3 is 5.32 Å². The van der Waals surface area contributed by atoms with Crippen LogP contribution >= 0.6 is 0 Å². The van der Waals surface area contributed by atoms with Crippen LogP contribution in [-0.2, 0) is 0 Å². The molecule has 0 heterocycles. The average Bonchev–Trinajstić information content (AvgIpc) is 2.18. The monoisotopic (exact) mass is 189 g/mol. The molecule has 14 heavy (non-hydrogen) atoms. The molecule has 0 bridgehead atoms. The minimum absolute atomic E-state index is 0.351. The quantitative estimate of drug-likeness (QED) is 0.717. The Kier molecular flexibility index (Phi) is 3.90. The van der Waals surface area contributed by atoms with Crippen LogP contribution in [0.15, 0.2) is 36.9 Å². The van der Waals surface area contributed by atoms with Gasteiger partial charge in [0, 0.05) is 12.1 Å². The molecule has 2 atom stereocenters. The zero-order chi connectivity index (χ0) is 10.6. The second-order valence-corrected chi connectivity index (χ2v) is 3.77. The van der Waals surface area contributed by atoms with Gasteiger partial charge in [0.25, 0.3) is 0 Å². The fourth-order valence-corrected chi connectivity index (χ4v) is 1.62. The maximum absolute atomic E-state index is 3.77. The van der Waals surface area contributed by atoms with Crippen molar-refractivity contribution in [2.24, 2.45) is 0 Å². The van der Waals surface area contributed by atoms with Crippen LogP contribution in [0.2, 0.25) is 0 Å². The SMILES string of the molecule is C=CC(C)N[C@H](C)c1ccccc1C. The fraction of sp³-hybridized carbons (Fsp3) is 0.385. The molecule has 0 saturated carbocycles. The van der Waals surface area contributed by atoms with Crippen molar-refractivity contribution in [2.75, 3.05) is 0 Å². The summed E-state index contributed by atoms with van der Waals surface area (Å²) < 4.78 is 0. The molecule has 1 N–H and O–H groups in total. The summed E-state index contributed by atoms with van der Waals surface area (Å²) in [6.45, 7) is 10.2. The van der Waals surface area contributed by atoms with Gasteiger partial charge in [-0.15, -0.1) is 6.58 Å². The van der Waals surface area contributed by atoms with Crippen LogP contribution in [0.4, 0.5) is 0 Å². The highest BCUT2D eigenvalue weighted by Crippen LogP contribution is 2.16. The van der Waals surface area contributed by atoms with Crippen molar-refractivity contribution in [1.82, 2.24) is 5.32 Å². The lowest BCUT2D eigenvalue weighted by atomic mass is 10.0. The Hall–Kier alpha value is -1.08. The molecule has 1 nitrogen and oxygen atoms in total. The molecule has 1 rings (SSSR count). The van der Waals surface area contributed by atoms with Crippen LogP contribution in [0, 0.1) is 6.92 Å². The van der Waals surface area contributed by atoms with E-state index in [9.17, 15) is 0 Å². The summed E-state index contributed by atoms with van der Waals surface area (Å²) in [6.07, 6.45) is 1.93. The van der Waals surface area contributed by atoms with Crippen molar-refractivity contribution in [3.63, 3.8) is 0 Å². The maximum atomic E-state index is 3.77. The smallest absolute Gasteiger partial charge is 0.0299 e. The molecule has 0 aliphatic heterocycles. The number of aryl methyl sites for hydroxylation is 1. The third kappa shape index (κ3) is 2.71. The predicted octanol–water partition coefficient (Wildman–Crippen LogP) is 3.22. The van der Waals surface area contributed by atoms with Gasteiger partial charge in [-0.1, -0.05) is 30.3 Å². The first-order chi connectivity index (χ1) is 6.65. The number of nitrogens with one attached hydrogen (secondary N) is 1. The predicted molar refractivity (Wildman–Crippen MR) is 62.4 cm³/mol. The summed E-state index contributed by atoms with van der Waals surface area (Å²) in [5, 5.41) is 3.47. The Morgan fingerprint density at radius 3 is 2.50 bits per heavy atom. The van der Waals surface area contributed by atoms with Gasteiger partial charge in [-0.25, -0.2) is 0 Å². The van der Waals surface area contributed by atoms with E-state index in [1.54, 1.807) is 0 Å². The van der Waals surface area contributed by atoms with Crippen LogP contribution in [0.1, 0.15) is 31.0 Å². The standard InChI is InChI=1S/C13H19N/c1-5-11(3)14-12(4)13-9-7-6-8-10(13)2/h5-9,11-12,14H,1H2,2-4H3/t11?,12-/m1/s1. The normalized spacial score (nSPS) is 14.8. The van der Waals surface area contributed by atoms with E-state index >= 15 is 0 Å². The summed E-state index contributed by atoms with van der Waals surface area (Å²) in [5.41, 5.74) is 2.70. The lowest BCUT2D eigenvalue weighted by molar-refractivity contribution is 0.535. The Morgan fingerprint density at radius 2 is 1.93 bits per heavy atom. The molecule has 1 aromatic rings. The molecule has 1 unspecified atom stereocenters. The van der Waals surface area contributed by atoms with Crippen molar-refractivity contribution in [3.8, 4) is 0 Å². The van der Waals surface area contributed by atoms with Crippen LogP contribution in [-0.4, -0.2) is 6.04 Å². The highest BCUT2D eigenvalue weighted by Gasteiger charge is 2.08. The van der Waals surface area contributed by atoms with E-state index < -0.39 is 0 Å². The molecule has 0 amide bonds. The van der Waals surface area contributed by atoms with Gasteiger partial charge >= 0.3 is 0 Å². The van der Waals surface area contributed by atoms with Crippen molar-refractivity contribution in [3.05, 3.63) is 48.0 Å². The number of hydrogen-bond acceptors (Lipinski definition) is 1. The molecule has 0 aromatic heterocycles. The van der Waals surface area contributed by atoms with E-state index in [0.717, 1.165) is 0 Å². The number of benzene rings is 1. The molecule has 0 aliphatic carbocycles. The third-order valence-electron chi connectivity index (χ3n) is 2.52. The van der Waals surface area contributed by atoms with Gasteiger partial charge in [-0.2, -0.15) is 0 Å².